The first-order valence-corrected chi connectivity index (χ1v) is 6.83. The maximum absolute atomic E-state index is 12.6. The third-order valence-corrected chi connectivity index (χ3v) is 3.30. The van der Waals surface area contributed by atoms with Gasteiger partial charge >= 0.3 is 6.18 Å². The minimum Gasteiger partial charge on any atom is -0.306 e. The van der Waals surface area contributed by atoms with E-state index in [9.17, 15) is 18.0 Å². The maximum Gasteiger partial charge on any atom is 0.416 e. The molecule has 122 valence electrons. The topological polar surface area (TPSA) is 59.8 Å². The van der Waals surface area contributed by atoms with Crippen LogP contribution in [0.2, 0.25) is 0 Å². The number of carbonyl (C=O) groups excluding carboxylic acids is 1. The summed E-state index contributed by atoms with van der Waals surface area (Å²) < 4.78 is 39.5. The number of nitrogens with zero attached hydrogens (tertiary/aromatic N) is 3. The minimum absolute atomic E-state index is 0.262. The lowest BCUT2D eigenvalue weighted by molar-refractivity contribution is -0.137. The fourth-order valence-electron chi connectivity index (χ4n) is 2.17. The zero-order valence-corrected chi connectivity index (χ0v) is 12.2. The average Bonchev–Trinajstić information content (AvgIpc) is 2.97. The minimum atomic E-state index is -4.38. The SMILES string of the molecule is C=CC(=O)Nc1cnc2c(ccn2-c2ccc(C(F)(F)F)cc2)n1. The van der Waals surface area contributed by atoms with Gasteiger partial charge in [-0.1, -0.05) is 6.58 Å². The van der Waals surface area contributed by atoms with Crippen molar-refractivity contribution in [3.8, 4) is 5.69 Å². The number of hydrogen-bond acceptors (Lipinski definition) is 3. The molecule has 0 atom stereocenters. The van der Waals surface area contributed by atoms with Crippen molar-refractivity contribution in [3.05, 3.63) is 60.9 Å². The number of amides is 1. The van der Waals surface area contributed by atoms with Gasteiger partial charge < -0.3 is 5.32 Å². The van der Waals surface area contributed by atoms with E-state index < -0.39 is 17.6 Å². The number of hydrogen-bond donors (Lipinski definition) is 1. The van der Waals surface area contributed by atoms with E-state index in [4.69, 9.17) is 0 Å². The highest BCUT2D eigenvalue weighted by Crippen LogP contribution is 2.30. The van der Waals surface area contributed by atoms with Crippen LogP contribution < -0.4 is 5.32 Å². The van der Waals surface area contributed by atoms with Crippen molar-refractivity contribution in [1.29, 1.82) is 0 Å². The van der Waals surface area contributed by atoms with E-state index in [-0.39, 0.29) is 5.82 Å². The van der Waals surface area contributed by atoms with Crippen LogP contribution in [0.25, 0.3) is 16.9 Å². The van der Waals surface area contributed by atoms with E-state index in [2.05, 4.69) is 21.9 Å². The standard InChI is InChI=1S/C16H11F3N4O/c1-2-14(24)22-13-9-20-15-12(21-13)7-8-23(15)11-5-3-10(4-6-11)16(17,18)19/h2-9H,1H2,(H,21,22,24). The summed E-state index contributed by atoms with van der Waals surface area (Å²) in [4.78, 5) is 19.7. The monoisotopic (exact) mass is 332 g/mol. The van der Waals surface area contributed by atoms with E-state index in [1.165, 1.54) is 18.3 Å². The largest absolute Gasteiger partial charge is 0.416 e. The normalized spacial score (nSPS) is 11.5. The van der Waals surface area contributed by atoms with Gasteiger partial charge in [0.05, 0.1) is 11.8 Å². The summed E-state index contributed by atoms with van der Waals surface area (Å²) in [5, 5.41) is 2.49. The summed E-state index contributed by atoms with van der Waals surface area (Å²) in [6, 6.07) is 6.39. The molecule has 0 unspecified atom stereocenters. The molecule has 2 heterocycles. The van der Waals surface area contributed by atoms with Crippen LogP contribution in [0.5, 0.6) is 0 Å². The van der Waals surface area contributed by atoms with Gasteiger partial charge in [0.25, 0.3) is 0 Å². The van der Waals surface area contributed by atoms with Gasteiger partial charge in [-0.2, -0.15) is 13.2 Å². The first kappa shape index (κ1) is 15.7. The molecule has 3 rings (SSSR count). The smallest absolute Gasteiger partial charge is 0.306 e. The summed E-state index contributed by atoms with van der Waals surface area (Å²) in [6.45, 7) is 3.34. The van der Waals surface area contributed by atoms with Crippen LogP contribution in [0.4, 0.5) is 19.0 Å². The van der Waals surface area contributed by atoms with Gasteiger partial charge in [-0.25, -0.2) is 9.97 Å². The number of nitrogens with one attached hydrogen (secondary N) is 1. The Morgan fingerprint density at radius 2 is 1.92 bits per heavy atom. The van der Waals surface area contributed by atoms with Gasteiger partial charge in [-0.05, 0) is 36.4 Å². The second kappa shape index (κ2) is 5.80. The van der Waals surface area contributed by atoms with Crippen LogP contribution in [0.15, 0.2) is 55.4 Å². The molecule has 2 aromatic heterocycles. The highest BCUT2D eigenvalue weighted by atomic mass is 19.4. The quantitative estimate of drug-likeness (QED) is 0.746. The number of benzene rings is 1. The van der Waals surface area contributed by atoms with Crippen LogP contribution in [0.1, 0.15) is 5.56 Å². The molecule has 24 heavy (non-hydrogen) atoms. The van der Waals surface area contributed by atoms with Gasteiger partial charge in [-0.3, -0.25) is 9.36 Å². The molecule has 1 N–H and O–H groups in total. The van der Waals surface area contributed by atoms with E-state index in [0.29, 0.717) is 16.9 Å². The molecule has 1 aromatic carbocycles. The number of anilines is 1. The number of carbonyl (C=O) groups is 1. The van der Waals surface area contributed by atoms with Crippen molar-refractivity contribution in [2.75, 3.05) is 5.32 Å². The molecule has 0 saturated heterocycles. The fraction of sp³-hybridized carbons (Fsp3) is 0.0625. The van der Waals surface area contributed by atoms with Crippen LogP contribution in [-0.4, -0.2) is 20.4 Å². The lowest BCUT2D eigenvalue weighted by atomic mass is 10.2. The Hall–Kier alpha value is -3.16. The second-order valence-electron chi connectivity index (χ2n) is 4.89. The molecular formula is C16H11F3N4O. The lowest BCUT2D eigenvalue weighted by Crippen LogP contribution is -2.09. The first-order chi connectivity index (χ1) is 11.4. The van der Waals surface area contributed by atoms with E-state index in [1.54, 1.807) is 16.8 Å². The van der Waals surface area contributed by atoms with Crippen molar-refractivity contribution < 1.29 is 18.0 Å². The molecule has 0 aliphatic carbocycles. The molecule has 0 aliphatic heterocycles. The Morgan fingerprint density at radius 3 is 2.54 bits per heavy atom. The van der Waals surface area contributed by atoms with Crippen molar-refractivity contribution in [2.24, 2.45) is 0 Å². The Bertz CT molecular complexity index is 913. The van der Waals surface area contributed by atoms with E-state index in [1.807, 2.05) is 0 Å². The lowest BCUT2D eigenvalue weighted by Gasteiger charge is -2.09. The van der Waals surface area contributed by atoms with E-state index in [0.717, 1.165) is 18.2 Å². The molecule has 0 bridgehead atoms. The summed E-state index contributed by atoms with van der Waals surface area (Å²) >= 11 is 0. The average molecular weight is 332 g/mol. The Balaban J connectivity index is 1.96. The predicted octanol–water partition coefficient (Wildman–Crippen LogP) is 3.56. The molecule has 5 nitrogen and oxygen atoms in total. The summed E-state index contributed by atoms with van der Waals surface area (Å²) in [6.07, 6.45) is -0.259. The highest BCUT2D eigenvalue weighted by molar-refractivity contribution is 5.98. The molecule has 0 fully saturated rings. The Labute approximate surface area is 134 Å². The van der Waals surface area contributed by atoms with Crippen molar-refractivity contribution in [3.63, 3.8) is 0 Å². The highest BCUT2D eigenvalue weighted by Gasteiger charge is 2.30. The summed E-state index contributed by atoms with van der Waals surface area (Å²) in [5.74, 6) is -0.150. The van der Waals surface area contributed by atoms with Gasteiger partial charge in [0.1, 0.15) is 5.52 Å². The Morgan fingerprint density at radius 1 is 1.21 bits per heavy atom. The fourth-order valence-corrected chi connectivity index (χ4v) is 2.17. The van der Waals surface area contributed by atoms with Crippen molar-refractivity contribution >= 4 is 22.9 Å². The number of alkyl halides is 3. The predicted molar refractivity (Wildman–Crippen MR) is 82.7 cm³/mol. The van der Waals surface area contributed by atoms with Crippen LogP contribution in [0.3, 0.4) is 0 Å². The van der Waals surface area contributed by atoms with Gasteiger partial charge in [0.15, 0.2) is 11.5 Å². The molecular weight excluding hydrogens is 321 g/mol. The molecule has 1 amide bonds. The van der Waals surface area contributed by atoms with Crippen molar-refractivity contribution in [1.82, 2.24) is 14.5 Å². The van der Waals surface area contributed by atoms with Crippen LogP contribution in [0, 0.1) is 0 Å². The molecule has 0 saturated carbocycles. The molecule has 0 aliphatic rings. The number of rotatable bonds is 3. The summed E-state index contributed by atoms with van der Waals surface area (Å²) in [7, 11) is 0. The van der Waals surface area contributed by atoms with Gasteiger partial charge in [0.2, 0.25) is 5.91 Å². The Kier molecular flexibility index (Phi) is 3.80. The molecule has 0 spiro atoms. The van der Waals surface area contributed by atoms with Gasteiger partial charge in [0, 0.05) is 11.9 Å². The molecule has 0 radical (unpaired) electrons. The van der Waals surface area contributed by atoms with Crippen LogP contribution in [-0.2, 0) is 11.0 Å². The summed E-state index contributed by atoms with van der Waals surface area (Å²) in [5.41, 5.74) is 0.765. The van der Waals surface area contributed by atoms with Gasteiger partial charge in [-0.15, -0.1) is 0 Å². The molecule has 8 heteroatoms. The van der Waals surface area contributed by atoms with Crippen molar-refractivity contribution in [2.45, 2.75) is 6.18 Å². The third-order valence-electron chi connectivity index (χ3n) is 3.30. The zero-order valence-electron chi connectivity index (χ0n) is 12.2. The number of fused-ring (bicyclic) bond motifs is 1. The third kappa shape index (κ3) is 2.98. The number of aromatic nitrogens is 3. The zero-order chi connectivity index (χ0) is 17.3. The maximum atomic E-state index is 12.6. The molecule has 3 aromatic rings. The van der Waals surface area contributed by atoms with E-state index >= 15 is 0 Å². The number of halogens is 3. The van der Waals surface area contributed by atoms with Crippen LogP contribution >= 0.6 is 0 Å². The second-order valence-corrected chi connectivity index (χ2v) is 4.89. The first-order valence-electron chi connectivity index (χ1n) is 6.83.